The minimum atomic E-state index is 0.0868. The van der Waals surface area contributed by atoms with E-state index in [2.05, 4.69) is 63.8 Å². The van der Waals surface area contributed by atoms with E-state index in [1.165, 1.54) is 0 Å². The number of aromatic nitrogens is 2. The monoisotopic (exact) mass is 278 g/mol. The molecule has 1 heterocycles. The highest BCUT2D eigenvalue weighted by Crippen LogP contribution is 2.20. The van der Waals surface area contributed by atoms with E-state index in [1.807, 2.05) is 6.20 Å². The summed E-state index contributed by atoms with van der Waals surface area (Å²) >= 11 is 0. The van der Waals surface area contributed by atoms with E-state index in [0.717, 1.165) is 36.7 Å². The van der Waals surface area contributed by atoms with E-state index < -0.39 is 0 Å². The number of hydrogen-bond acceptors (Lipinski definition) is 4. The van der Waals surface area contributed by atoms with E-state index in [-0.39, 0.29) is 5.54 Å². The fourth-order valence-electron chi connectivity index (χ4n) is 1.96. The highest BCUT2D eigenvalue weighted by molar-refractivity contribution is 5.48. The van der Waals surface area contributed by atoms with Crippen molar-refractivity contribution in [3.05, 3.63) is 17.7 Å². The number of rotatable bonds is 6. The maximum atomic E-state index is 4.76. The molecular weight excluding hydrogens is 248 g/mol. The fraction of sp³-hybridized carbons (Fsp3) is 0.750. The van der Waals surface area contributed by atoms with Gasteiger partial charge in [0.05, 0.1) is 17.6 Å². The number of nitrogens with one attached hydrogen (secondary N) is 1. The maximum Gasteiger partial charge on any atom is 0.131 e. The van der Waals surface area contributed by atoms with Gasteiger partial charge in [-0.05, 0) is 27.2 Å². The van der Waals surface area contributed by atoms with Crippen molar-refractivity contribution in [1.29, 1.82) is 0 Å². The zero-order chi connectivity index (χ0) is 15.3. The summed E-state index contributed by atoms with van der Waals surface area (Å²) in [6, 6.07) is 0. The molecule has 0 bridgehead atoms. The van der Waals surface area contributed by atoms with Crippen LogP contribution in [0, 0.1) is 0 Å². The summed E-state index contributed by atoms with van der Waals surface area (Å²) in [5, 5.41) is 3.52. The van der Waals surface area contributed by atoms with Gasteiger partial charge in [-0.1, -0.05) is 20.8 Å². The molecular formula is C16H30N4. The van der Waals surface area contributed by atoms with E-state index in [0.29, 0.717) is 5.92 Å². The number of anilines is 1. The molecule has 0 aliphatic heterocycles. The topological polar surface area (TPSA) is 41.1 Å². The minimum Gasteiger partial charge on any atom is -0.372 e. The Labute approximate surface area is 124 Å². The van der Waals surface area contributed by atoms with Crippen LogP contribution in [-0.2, 0) is 6.54 Å². The third kappa shape index (κ3) is 5.08. The first-order valence-electron chi connectivity index (χ1n) is 7.56. The largest absolute Gasteiger partial charge is 0.372 e. The maximum absolute atomic E-state index is 4.76. The van der Waals surface area contributed by atoms with Gasteiger partial charge in [0.1, 0.15) is 5.82 Å². The van der Waals surface area contributed by atoms with Crippen LogP contribution in [0.2, 0.25) is 0 Å². The Bertz CT molecular complexity index is 421. The van der Waals surface area contributed by atoms with Crippen LogP contribution in [-0.4, -0.2) is 29.1 Å². The molecule has 1 aromatic rings. The summed E-state index contributed by atoms with van der Waals surface area (Å²) in [7, 11) is 2.11. The van der Waals surface area contributed by atoms with Gasteiger partial charge in [-0.3, -0.25) is 0 Å². The molecule has 0 aliphatic carbocycles. The van der Waals surface area contributed by atoms with Gasteiger partial charge in [0, 0.05) is 31.6 Å². The van der Waals surface area contributed by atoms with E-state index in [4.69, 9.17) is 4.98 Å². The lowest BCUT2D eigenvalue weighted by Crippen LogP contribution is -2.36. The number of hydrogen-bond donors (Lipinski definition) is 1. The summed E-state index contributed by atoms with van der Waals surface area (Å²) in [5.74, 6) is 1.28. The van der Waals surface area contributed by atoms with Gasteiger partial charge in [0.25, 0.3) is 0 Å². The molecule has 0 fully saturated rings. The highest BCUT2D eigenvalue weighted by atomic mass is 15.1. The SMILES string of the molecule is CCCN(C)c1cnc(C(C)C)nc1CNC(C)(C)C. The van der Waals surface area contributed by atoms with Gasteiger partial charge in [-0.15, -0.1) is 0 Å². The smallest absolute Gasteiger partial charge is 0.131 e. The molecule has 20 heavy (non-hydrogen) atoms. The van der Waals surface area contributed by atoms with Crippen molar-refractivity contribution >= 4 is 5.69 Å². The average Bonchev–Trinajstić information content (AvgIpc) is 2.35. The van der Waals surface area contributed by atoms with Crippen LogP contribution in [0.25, 0.3) is 0 Å². The molecule has 0 saturated heterocycles. The third-order valence-corrected chi connectivity index (χ3v) is 3.14. The summed E-state index contributed by atoms with van der Waals surface area (Å²) in [4.78, 5) is 11.5. The highest BCUT2D eigenvalue weighted by Gasteiger charge is 2.15. The summed E-state index contributed by atoms with van der Waals surface area (Å²) in [5.41, 5.74) is 2.31. The second-order valence-corrected chi connectivity index (χ2v) is 6.74. The lowest BCUT2D eigenvalue weighted by Gasteiger charge is -2.25. The second kappa shape index (κ2) is 7.02. The van der Waals surface area contributed by atoms with Crippen molar-refractivity contribution in [2.24, 2.45) is 0 Å². The zero-order valence-electron chi connectivity index (χ0n) is 14.1. The average molecular weight is 278 g/mol. The molecule has 1 rings (SSSR count). The van der Waals surface area contributed by atoms with Crippen molar-refractivity contribution in [3.8, 4) is 0 Å². The predicted octanol–water partition coefficient (Wildman–Crippen LogP) is 3.33. The van der Waals surface area contributed by atoms with Crippen LogP contribution < -0.4 is 10.2 Å². The van der Waals surface area contributed by atoms with Gasteiger partial charge < -0.3 is 10.2 Å². The molecule has 0 saturated carbocycles. The van der Waals surface area contributed by atoms with E-state index in [1.54, 1.807) is 0 Å². The number of nitrogens with zero attached hydrogens (tertiary/aromatic N) is 3. The quantitative estimate of drug-likeness (QED) is 0.866. The molecule has 4 heteroatoms. The molecule has 0 atom stereocenters. The van der Waals surface area contributed by atoms with E-state index in [9.17, 15) is 0 Å². The lowest BCUT2D eigenvalue weighted by atomic mass is 10.1. The molecule has 4 nitrogen and oxygen atoms in total. The van der Waals surface area contributed by atoms with Crippen LogP contribution in [0.5, 0.6) is 0 Å². The van der Waals surface area contributed by atoms with Gasteiger partial charge in [0.2, 0.25) is 0 Å². The van der Waals surface area contributed by atoms with Crippen LogP contribution in [0.1, 0.15) is 65.4 Å². The van der Waals surface area contributed by atoms with Crippen LogP contribution >= 0.6 is 0 Å². The summed E-state index contributed by atoms with van der Waals surface area (Å²) in [6.45, 7) is 14.8. The summed E-state index contributed by atoms with van der Waals surface area (Å²) < 4.78 is 0. The van der Waals surface area contributed by atoms with Crippen LogP contribution in [0.3, 0.4) is 0 Å². The molecule has 0 aromatic carbocycles. The van der Waals surface area contributed by atoms with Gasteiger partial charge in [-0.2, -0.15) is 0 Å². The Kier molecular flexibility index (Phi) is 5.93. The molecule has 0 radical (unpaired) electrons. The molecule has 114 valence electrons. The van der Waals surface area contributed by atoms with Gasteiger partial charge in [-0.25, -0.2) is 9.97 Å². The standard InChI is InChI=1S/C16H30N4/c1-8-9-20(7)14-11-17-15(12(2)3)19-13(14)10-18-16(4,5)6/h11-12,18H,8-10H2,1-7H3. The van der Waals surface area contributed by atoms with Gasteiger partial charge in [0.15, 0.2) is 0 Å². The Morgan fingerprint density at radius 2 is 1.95 bits per heavy atom. The lowest BCUT2D eigenvalue weighted by molar-refractivity contribution is 0.420. The normalized spacial score (nSPS) is 12.0. The second-order valence-electron chi connectivity index (χ2n) is 6.74. The Hall–Kier alpha value is -1.16. The predicted molar refractivity (Wildman–Crippen MR) is 86.3 cm³/mol. The third-order valence-electron chi connectivity index (χ3n) is 3.14. The Morgan fingerprint density at radius 3 is 2.45 bits per heavy atom. The van der Waals surface area contributed by atoms with Crippen LogP contribution in [0.4, 0.5) is 5.69 Å². The molecule has 0 aliphatic rings. The molecule has 1 aromatic heterocycles. The van der Waals surface area contributed by atoms with Crippen molar-refractivity contribution < 1.29 is 0 Å². The molecule has 1 N–H and O–H groups in total. The Balaban J connectivity index is 3.03. The van der Waals surface area contributed by atoms with E-state index >= 15 is 0 Å². The summed E-state index contributed by atoms with van der Waals surface area (Å²) in [6.07, 6.45) is 3.09. The minimum absolute atomic E-state index is 0.0868. The molecule has 0 unspecified atom stereocenters. The first-order chi connectivity index (χ1) is 9.24. The Morgan fingerprint density at radius 1 is 1.30 bits per heavy atom. The fourth-order valence-corrected chi connectivity index (χ4v) is 1.96. The zero-order valence-corrected chi connectivity index (χ0v) is 14.1. The van der Waals surface area contributed by atoms with Gasteiger partial charge >= 0.3 is 0 Å². The van der Waals surface area contributed by atoms with Crippen molar-refractivity contribution in [2.45, 2.75) is 66.0 Å². The van der Waals surface area contributed by atoms with Crippen molar-refractivity contribution in [2.75, 3.05) is 18.5 Å². The molecule has 0 spiro atoms. The van der Waals surface area contributed by atoms with Crippen molar-refractivity contribution in [3.63, 3.8) is 0 Å². The molecule has 0 amide bonds. The van der Waals surface area contributed by atoms with Crippen LogP contribution in [0.15, 0.2) is 6.20 Å². The van der Waals surface area contributed by atoms with Crippen molar-refractivity contribution in [1.82, 2.24) is 15.3 Å². The first kappa shape index (κ1) is 16.9. The first-order valence-corrected chi connectivity index (χ1v) is 7.56.